The zero-order valence-corrected chi connectivity index (χ0v) is 12.1. The molecule has 0 aromatic carbocycles. The van der Waals surface area contributed by atoms with Crippen LogP contribution in [0.3, 0.4) is 0 Å². The highest BCUT2D eigenvalue weighted by Gasteiger charge is 2.02. The van der Waals surface area contributed by atoms with Crippen molar-refractivity contribution >= 4 is 5.78 Å². The van der Waals surface area contributed by atoms with E-state index >= 15 is 0 Å². The van der Waals surface area contributed by atoms with Crippen LogP contribution < -0.4 is 0 Å². The highest BCUT2D eigenvalue weighted by Crippen LogP contribution is 2.16. The first-order valence-corrected chi connectivity index (χ1v) is 7.46. The average Bonchev–Trinajstić information content (AvgIpc) is 2.33. The Morgan fingerprint density at radius 3 is 1.76 bits per heavy atom. The van der Waals surface area contributed by atoms with Crippen molar-refractivity contribution in [1.82, 2.24) is 0 Å². The molecule has 0 N–H and O–H groups in total. The zero-order valence-electron chi connectivity index (χ0n) is 12.1. The van der Waals surface area contributed by atoms with Crippen molar-refractivity contribution in [2.75, 3.05) is 0 Å². The van der Waals surface area contributed by atoms with E-state index in [0.29, 0.717) is 5.78 Å². The van der Waals surface area contributed by atoms with E-state index in [1.54, 1.807) is 0 Å². The van der Waals surface area contributed by atoms with Crippen LogP contribution >= 0.6 is 0 Å². The molecule has 17 heavy (non-hydrogen) atoms. The Hall–Kier alpha value is -0.590. The molecule has 0 atom stereocenters. The van der Waals surface area contributed by atoms with Gasteiger partial charge in [0.05, 0.1) is 0 Å². The number of unbranched alkanes of at least 4 members (excludes halogenated alkanes) is 4. The molecular weight excluding hydrogens is 208 g/mol. The molecule has 0 heterocycles. The monoisotopic (exact) mass is 238 g/mol. The first-order valence-electron chi connectivity index (χ1n) is 7.46. The van der Waals surface area contributed by atoms with Gasteiger partial charge in [0.25, 0.3) is 0 Å². The molecule has 0 fully saturated rings. The predicted octanol–water partition coefficient (Wildman–Crippen LogP) is 5.44. The maximum atomic E-state index is 11.8. The van der Waals surface area contributed by atoms with Crippen molar-refractivity contribution in [2.45, 2.75) is 85.0 Å². The van der Waals surface area contributed by atoms with E-state index in [1.807, 2.05) is 6.08 Å². The topological polar surface area (TPSA) is 17.1 Å². The molecule has 0 rings (SSSR count). The van der Waals surface area contributed by atoms with E-state index < -0.39 is 0 Å². The molecule has 0 radical (unpaired) electrons. The third-order valence-corrected chi connectivity index (χ3v) is 3.09. The number of hydrogen-bond acceptors (Lipinski definition) is 1. The van der Waals surface area contributed by atoms with Crippen LogP contribution in [-0.4, -0.2) is 5.78 Å². The molecular formula is C16H30O. The summed E-state index contributed by atoms with van der Waals surface area (Å²) >= 11 is 0. The van der Waals surface area contributed by atoms with Crippen molar-refractivity contribution in [2.24, 2.45) is 0 Å². The lowest BCUT2D eigenvalue weighted by Gasteiger charge is -2.06. The number of allylic oxidation sites excluding steroid dienone is 2. The number of hydrogen-bond donors (Lipinski definition) is 0. The molecule has 0 unspecified atom stereocenters. The van der Waals surface area contributed by atoms with Crippen LogP contribution in [0.5, 0.6) is 0 Å². The van der Waals surface area contributed by atoms with E-state index in [0.717, 1.165) is 25.7 Å². The number of carbonyl (C=O) groups excluding carboxylic acids is 1. The standard InChI is InChI=1S/C16H30O/c1-4-7-10-13-16(17)14-15(11-8-5-2)12-9-6-3/h14H,4-13H2,1-3H3. The van der Waals surface area contributed by atoms with E-state index in [4.69, 9.17) is 0 Å². The van der Waals surface area contributed by atoms with E-state index in [1.165, 1.54) is 44.1 Å². The van der Waals surface area contributed by atoms with Crippen LogP contribution in [0.25, 0.3) is 0 Å². The minimum absolute atomic E-state index is 0.348. The van der Waals surface area contributed by atoms with Gasteiger partial charge in [-0.2, -0.15) is 0 Å². The Labute approximate surface area is 108 Å². The van der Waals surface area contributed by atoms with Crippen LogP contribution in [0.2, 0.25) is 0 Å². The third kappa shape index (κ3) is 10.3. The van der Waals surface area contributed by atoms with Crippen LogP contribution in [0.15, 0.2) is 11.6 Å². The van der Waals surface area contributed by atoms with E-state index in [9.17, 15) is 4.79 Å². The van der Waals surface area contributed by atoms with E-state index in [-0.39, 0.29) is 0 Å². The highest BCUT2D eigenvalue weighted by molar-refractivity contribution is 5.90. The fraction of sp³-hybridized carbons (Fsp3) is 0.812. The second-order valence-electron chi connectivity index (χ2n) is 4.93. The van der Waals surface area contributed by atoms with Crippen molar-refractivity contribution in [3.05, 3.63) is 11.6 Å². The molecule has 0 saturated heterocycles. The summed E-state index contributed by atoms with van der Waals surface area (Å²) in [6.07, 6.45) is 13.2. The molecule has 100 valence electrons. The Bertz CT molecular complexity index is 206. The Kier molecular flexibility index (Phi) is 11.5. The van der Waals surface area contributed by atoms with Crippen LogP contribution in [0.4, 0.5) is 0 Å². The lowest BCUT2D eigenvalue weighted by Crippen LogP contribution is -1.96. The van der Waals surface area contributed by atoms with Crippen molar-refractivity contribution < 1.29 is 4.79 Å². The van der Waals surface area contributed by atoms with Gasteiger partial charge in [-0.15, -0.1) is 0 Å². The van der Waals surface area contributed by atoms with Gasteiger partial charge in [0.2, 0.25) is 0 Å². The van der Waals surface area contributed by atoms with Crippen molar-refractivity contribution in [1.29, 1.82) is 0 Å². The summed E-state index contributed by atoms with van der Waals surface area (Å²) in [5, 5.41) is 0. The average molecular weight is 238 g/mol. The first-order chi connectivity index (χ1) is 8.24. The second kappa shape index (κ2) is 11.9. The quantitative estimate of drug-likeness (QED) is 0.346. The summed E-state index contributed by atoms with van der Waals surface area (Å²) in [7, 11) is 0. The summed E-state index contributed by atoms with van der Waals surface area (Å²) in [4.78, 5) is 11.8. The lowest BCUT2D eigenvalue weighted by atomic mass is 10.00. The fourth-order valence-electron chi connectivity index (χ4n) is 1.93. The highest BCUT2D eigenvalue weighted by atomic mass is 16.1. The summed E-state index contributed by atoms with van der Waals surface area (Å²) in [5.74, 6) is 0.348. The van der Waals surface area contributed by atoms with Crippen LogP contribution in [-0.2, 0) is 4.79 Å². The van der Waals surface area contributed by atoms with Crippen LogP contribution in [0.1, 0.15) is 85.0 Å². The molecule has 0 aromatic heterocycles. The smallest absolute Gasteiger partial charge is 0.155 e. The number of rotatable bonds is 11. The normalized spacial score (nSPS) is 10.3. The minimum Gasteiger partial charge on any atom is -0.295 e. The Morgan fingerprint density at radius 2 is 1.29 bits per heavy atom. The molecule has 0 saturated carbocycles. The van der Waals surface area contributed by atoms with Gasteiger partial charge in [0.1, 0.15) is 0 Å². The zero-order chi connectivity index (χ0) is 12.9. The molecule has 1 heteroatoms. The van der Waals surface area contributed by atoms with Gasteiger partial charge >= 0.3 is 0 Å². The van der Waals surface area contributed by atoms with E-state index in [2.05, 4.69) is 20.8 Å². The van der Waals surface area contributed by atoms with Gasteiger partial charge < -0.3 is 0 Å². The third-order valence-electron chi connectivity index (χ3n) is 3.09. The fourth-order valence-corrected chi connectivity index (χ4v) is 1.93. The maximum absolute atomic E-state index is 11.8. The minimum atomic E-state index is 0.348. The predicted molar refractivity (Wildman–Crippen MR) is 76.3 cm³/mol. The molecule has 0 spiro atoms. The summed E-state index contributed by atoms with van der Waals surface area (Å²) in [6, 6.07) is 0. The lowest BCUT2D eigenvalue weighted by molar-refractivity contribution is -0.114. The number of ketones is 1. The molecule has 0 aliphatic carbocycles. The summed E-state index contributed by atoms with van der Waals surface area (Å²) in [6.45, 7) is 6.59. The van der Waals surface area contributed by atoms with Gasteiger partial charge in [0.15, 0.2) is 5.78 Å². The van der Waals surface area contributed by atoms with Gasteiger partial charge in [-0.05, 0) is 38.2 Å². The van der Waals surface area contributed by atoms with Gasteiger partial charge in [0, 0.05) is 6.42 Å². The summed E-state index contributed by atoms with van der Waals surface area (Å²) in [5.41, 5.74) is 1.38. The first kappa shape index (κ1) is 16.4. The molecule has 0 bridgehead atoms. The van der Waals surface area contributed by atoms with Crippen molar-refractivity contribution in [3.8, 4) is 0 Å². The Balaban J connectivity index is 4.08. The SMILES string of the molecule is CCCCCC(=O)C=C(CCCC)CCCC. The van der Waals surface area contributed by atoms with Gasteiger partial charge in [-0.3, -0.25) is 4.79 Å². The largest absolute Gasteiger partial charge is 0.295 e. The molecule has 0 aliphatic heterocycles. The summed E-state index contributed by atoms with van der Waals surface area (Å²) < 4.78 is 0. The second-order valence-corrected chi connectivity index (χ2v) is 4.93. The maximum Gasteiger partial charge on any atom is 0.155 e. The molecule has 0 amide bonds. The van der Waals surface area contributed by atoms with Crippen LogP contribution in [0, 0.1) is 0 Å². The number of carbonyl (C=O) groups is 1. The van der Waals surface area contributed by atoms with Gasteiger partial charge in [-0.25, -0.2) is 0 Å². The van der Waals surface area contributed by atoms with Gasteiger partial charge in [-0.1, -0.05) is 52.0 Å². The molecule has 0 aliphatic rings. The molecule has 0 aromatic rings. The molecule has 1 nitrogen and oxygen atoms in total. The van der Waals surface area contributed by atoms with Crippen molar-refractivity contribution in [3.63, 3.8) is 0 Å². The Morgan fingerprint density at radius 1 is 0.765 bits per heavy atom.